The summed E-state index contributed by atoms with van der Waals surface area (Å²) >= 11 is 0. The Morgan fingerprint density at radius 2 is 1.68 bits per heavy atom. The first-order chi connectivity index (χ1) is 16.4. The second-order valence-electron chi connectivity index (χ2n) is 7.34. The molecule has 4 aromatic rings. The number of pyridine rings is 1. The van der Waals surface area contributed by atoms with Crippen molar-refractivity contribution in [3.05, 3.63) is 83.0 Å². The molecule has 34 heavy (non-hydrogen) atoms. The zero-order valence-corrected chi connectivity index (χ0v) is 18.9. The zero-order valence-electron chi connectivity index (χ0n) is 18.9. The third-order valence-electron chi connectivity index (χ3n) is 5.20. The number of methoxy groups -OCH3 is 1. The first-order valence-corrected chi connectivity index (χ1v) is 10.5. The SMILES string of the molecule is CCOC(=O)c1cnn(-c2cc(C)c3ccccc3n2)c1NC(=O)c1ccccc1C(=O)OC. The third kappa shape index (κ3) is 4.23. The Morgan fingerprint density at radius 3 is 2.41 bits per heavy atom. The maximum atomic E-state index is 13.2. The van der Waals surface area contributed by atoms with Gasteiger partial charge in [-0.3, -0.25) is 4.79 Å². The molecule has 0 unspecified atom stereocenters. The molecule has 0 atom stereocenters. The van der Waals surface area contributed by atoms with Crippen LogP contribution in [0.15, 0.2) is 60.8 Å². The molecule has 0 radical (unpaired) electrons. The highest BCUT2D eigenvalue weighted by Crippen LogP contribution is 2.25. The van der Waals surface area contributed by atoms with E-state index in [1.807, 2.05) is 37.3 Å². The van der Waals surface area contributed by atoms with Crippen LogP contribution in [0.3, 0.4) is 0 Å². The van der Waals surface area contributed by atoms with Gasteiger partial charge in [-0.15, -0.1) is 0 Å². The van der Waals surface area contributed by atoms with Crippen LogP contribution in [0.1, 0.15) is 43.6 Å². The molecule has 2 aromatic heterocycles. The van der Waals surface area contributed by atoms with Crippen molar-refractivity contribution in [1.82, 2.24) is 14.8 Å². The van der Waals surface area contributed by atoms with Crippen molar-refractivity contribution in [2.75, 3.05) is 19.0 Å². The summed E-state index contributed by atoms with van der Waals surface area (Å²) in [7, 11) is 1.23. The first kappa shape index (κ1) is 22.7. The van der Waals surface area contributed by atoms with E-state index in [2.05, 4.69) is 15.4 Å². The molecule has 0 saturated carbocycles. The van der Waals surface area contributed by atoms with Gasteiger partial charge in [0.1, 0.15) is 5.56 Å². The number of anilines is 1. The van der Waals surface area contributed by atoms with Crippen molar-refractivity contribution >= 4 is 34.6 Å². The van der Waals surface area contributed by atoms with E-state index < -0.39 is 17.8 Å². The Kier molecular flexibility index (Phi) is 6.35. The van der Waals surface area contributed by atoms with E-state index in [1.165, 1.54) is 30.1 Å². The number of benzene rings is 2. The molecule has 9 nitrogen and oxygen atoms in total. The molecule has 0 fully saturated rings. The van der Waals surface area contributed by atoms with E-state index in [9.17, 15) is 14.4 Å². The Labute approximate surface area is 195 Å². The summed E-state index contributed by atoms with van der Waals surface area (Å²) in [6.45, 7) is 3.77. The normalized spacial score (nSPS) is 10.7. The molecule has 1 N–H and O–H groups in total. The molecule has 4 rings (SSSR count). The highest BCUT2D eigenvalue weighted by atomic mass is 16.5. The number of carbonyl (C=O) groups excluding carboxylic acids is 3. The highest BCUT2D eigenvalue weighted by Gasteiger charge is 2.25. The Hall–Kier alpha value is -4.53. The van der Waals surface area contributed by atoms with Crippen molar-refractivity contribution in [1.29, 1.82) is 0 Å². The molecule has 0 aliphatic carbocycles. The van der Waals surface area contributed by atoms with Gasteiger partial charge in [-0.25, -0.2) is 14.6 Å². The fraction of sp³-hybridized carbons (Fsp3) is 0.160. The fourth-order valence-electron chi connectivity index (χ4n) is 3.58. The lowest BCUT2D eigenvalue weighted by Crippen LogP contribution is -2.21. The maximum Gasteiger partial charge on any atom is 0.343 e. The highest BCUT2D eigenvalue weighted by molar-refractivity contribution is 6.12. The monoisotopic (exact) mass is 458 g/mol. The van der Waals surface area contributed by atoms with Gasteiger partial charge in [-0.2, -0.15) is 9.78 Å². The quantitative estimate of drug-likeness (QED) is 0.436. The van der Waals surface area contributed by atoms with Gasteiger partial charge in [0.2, 0.25) is 0 Å². The van der Waals surface area contributed by atoms with Gasteiger partial charge in [0.25, 0.3) is 5.91 Å². The standard InChI is InChI=1S/C25H22N4O5/c1-4-34-25(32)19-14-26-29(21-13-15(2)16-9-7-8-12-20(16)27-21)22(19)28-23(30)17-10-5-6-11-18(17)24(31)33-3/h5-14H,4H2,1-3H3,(H,28,30). The summed E-state index contributed by atoms with van der Waals surface area (Å²) in [5.74, 6) is -1.45. The Balaban J connectivity index is 1.82. The number of rotatable bonds is 6. The van der Waals surface area contributed by atoms with Crippen LogP contribution in [0.4, 0.5) is 5.82 Å². The molecule has 0 bridgehead atoms. The van der Waals surface area contributed by atoms with Crippen LogP contribution < -0.4 is 5.32 Å². The van der Waals surface area contributed by atoms with E-state index >= 15 is 0 Å². The number of hydrogen-bond acceptors (Lipinski definition) is 7. The van der Waals surface area contributed by atoms with Crippen LogP contribution in [0, 0.1) is 6.92 Å². The third-order valence-corrected chi connectivity index (χ3v) is 5.20. The predicted octanol–water partition coefficient (Wildman–Crippen LogP) is 3.94. The lowest BCUT2D eigenvalue weighted by atomic mass is 10.1. The van der Waals surface area contributed by atoms with E-state index in [1.54, 1.807) is 19.1 Å². The molecule has 2 heterocycles. The minimum atomic E-state index is -0.656. The van der Waals surface area contributed by atoms with Crippen LogP contribution in [-0.2, 0) is 9.47 Å². The molecule has 0 aliphatic rings. The minimum Gasteiger partial charge on any atom is -0.465 e. The lowest BCUT2D eigenvalue weighted by molar-refractivity contribution is 0.0526. The largest absolute Gasteiger partial charge is 0.465 e. The maximum absolute atomic E-state index is 13.2. The van der Waals surface area contributed by atoms with Gasteiger partial charge in [-0.1, -0.05) is 30.3 Å². The summed E-state index contributed by atoms with van der Waals surface area (Å²) in [5.41, 5.74) is 1.91. The summed E-state index contributed by atoms with van der Waals surface area (Å²) in [5, 5.41) is 7.99. The Morgan fingerprint density at radius 1 is 0.971 bits per heavy atom. The topological polar surface area (TPSA) is 112 Å². The molecule has 2 aromatic carbocycles. The van der Waals surface area contributed by atoms with Gasteiger partial charge in [0.15, 0.2) is 11.6 Å². The number of ether oxygens (including phenoxy) is 2. The molecule has 9 heteroatoms. The van der Waals surface area contributed by atoms with Crippen LogP contribution in [0.25, 0.3) is 16.7 Å². The second-order valence-corrected chi connectivity index (χ2v) is 7.34. The lowest BCUT2D eigenvalue weighted by Gasteiger charge is -2.13. The van der Waals surface area contributed by atoms with Crippen LogP contribution in [0.5, 0.6) is 0 Å². The zero-order chi connectivity index (χ0) is 24.2. The van der Waals surface area contributed by atoms with Crippen LogP contribution in [0.2, 0.25) is 0 Å². The molecular formula is C25H22N4O5. The summed E-state index contributed by atoms with van der Waals surface area (Å²) < 4.78 is 11.3. The smallest absolute Gasteiger partial charge is 0.343 e. The average Bonchev–Trinajstić information content (AvgIpc) is 3.27. The number of esters is 2. The summed E-state index contributed by atoms with van der Waals surface area (Å²) in [6.07, 6.45) is 1.31. The molecule has 0 spiro atoms. The number of nitrogens with zero attached hydrogens (tertiary/aromatic N) is 3. The summed E-state index contributed by atoms with van der Waals surface area (Å²) in [4.78, 5) is 42.6. The van der Waals surface area contributed by atoms with Crippen molar-refractivity contribution in [3.63, 3.8) is 0 Å². The number of amides is 1. The van der Waals surface area contributed by atoms with Gasteiger partial charge < -0.3 is 14.8 Å². The number of fused-ring (bicyclic) bond motifs is 1. The number of hydrogen-bond donors (Lipinski definition) is 1. The fourth-order valence-corrected chi connectivity index (χ4v) is 3.58. The Bertz CT molecular complexity index is 1410. The molecule has 172 valence electrons. The van der Waals surface area contributed by atoms with Gasteiger partial charge >= 0.3 is 11.9 Å². The molecule has 1 amide bonds. The van der Waals surface area contributed by atoms with Crippen molar-refractivity contribution < 1.29 is 23.9 Å². The van der Waals surface area contributed by atoms with E-state index in [-0.39, 0.29) is 29.1 Å². The van der Waals surface area contributed by atoms with Crippen LogP contribution in [-0.4, -0.2) is 46.3 Å². The molecule has 0 aliphatic heterocycles. The van der Waals surface area contributed by atoms with Gasteiger partial charge in [-0.05, 0) is 43.7 Å². The average molecular weight is 458 g/mol. The van der Waals surface area contributed by atoms with Crippen molar-refractivity contribution in [2.45, 2.75) is 13.8 Å². The molecule has 0 saturated heterocycles. The van der Waals surface area contributed by atoms with Gasteiger partial charge in [0.05, 0.1) is 36.6 Å². The predicted molar refractivity (Wildman–Crippen MR) is 125 cm³/mol. The van der Waals surface area contributed by atoms with E-state index in [4.69, 9.17) is 9.47 Å². The van der Waals surface area contributed by atoms with Crippen LogP contribution >= 0.6 is 0 Å². The van der Waals surface area contributed by atoms with Crippen molar-refractivity contribution in [2.24, 2.45) is 0 Å². The number of aromatic nitrogens is 3. The second kappa shape index (κ2) is 9.53. The van der Waals surface area contributed by atoms with E-state index in [0.717, 1.165) is 16.5 Å². The number of para-hydroxylation sites is 1. The number of aryl methyl sites for hydroxylation is 1. The first-order valence-electron chi connectivity index (χ1n) is 10.5. The number of nitrogens with one attached hydrogen (secondary N) is 1. The minimum absolute atomic E-state index is 0.0540. The molecular weight excluding hydrogens is 436 g/mol. The van der Waals surface area contributed by atoms with E-state index in [0.29, 0.717) is 5.82 Å². The number of carbonyl (C=O) groups is 3. The van der Waals surface area contributed by atoms with Crippen molar-refractivity contribution in [3.8, 4) is 5.82 Å². The summed E-state index contributed by atoms with van der Waals surface area (Å²) in [6, 6.07) is 15.7. The van der Waals surface area contributed by atoms with Gasteiger partial charge in [0, 0.05) is 5.39 Å².